The minimum Gasteiger partial charge on any atom is -0.378 e. The lowest BCUT2D eigenvalue weighted by molar-refractivity contribution is 0.953. The summed E-state index contributed by atoms with van der Waals surface area (Å²) < 4.78 is 0. The van der Waals surface area contributed by atoms with Crippen molar-refractivity contribution in [3.63, 3.8) is 0 Å². The molecule has 36 heavy (non-hydrogen) atoms. The van der Waals surface area contributed by atoms with Crippen LogP contribution in [0.4, 0.5) is 5.69 Å². The van der Waals surface area contributed by atoms with E-state index in [-0.39, 0.29) is 11.1 Å². The zero-order valence-corrected chi connectivity index (χ0v) is 20.8. The minimum absolute atomic E-state index is 0.261. The van der Waals surface area contributed by atoms with Crippen molar-refractivity contribution in [1.82, 2.24) is 20.4 Å². The van der Waals surface area contributed by atoms with Crippen LogP contribution < -0.4 is 16.0 Å². The highest BCUT2D eigenvalue weighted by Crippen LogP contribution is 2.38. The Bertz CT molecular complexity index is 1500. The van der Waals surface area contributed by atoms with E-state index in [4.69, 9.17) is 0 Å². The molecule has 0 aliphatic heterocycles. The van der Waals surface area contributed by atoms with E-state index < -0.39 is 5.92 Å². The molecule has 0 spiro atoms. The SMILES string of the molecule is Cc1ccc(-c2[nH][nH]c(=O)c2C(c2ccc(N(C)C)cc2)c2c(-c3ccc(C)cc3)[nH][nH]c2=O)cc1. The maximum Gasteiger partial charge on any atom is 0.268 e. The van der Waals surface area contributed by atoms with E-state index in [1.54, 1.807) is 0 Å². The van der Waals surface area contributed by atoms with Crippen LogP contribution in [-0.2, 0) is 0 Å². The van der Waals surface area contributed by atoms with Crippen LogP contribution >= 0.6 is 0 Å². The maximum absolute atomic E-state index is 13.4. The van der Waals surface area contributed by atoms with Gasteiger partial charge in [0.15, 0.2) is 0 Å². The standard InChI is InChI=1S/C29H29N5O2/c1-17-5-9-20(10-6-17)26-24(28(35)32-30-26)23(19-13-15-22(16-14-19)34(3)4)25-27(31-33-29(25)36)21-11-7-18(2)8-12-21/h5-16,23H,1-4H3,(H2,30,32,35)(H2,31,33,36). The third kappa shape index (κ3) is 4.20. The number of nitrogens with one attached hydrogen (secondary N) is 4. The molecule has 0 bridgehead atoms. The molecule has 0 saturated heterocycles. The first-order valence-corrected chi connectivity index (χ1v) is 11.9. The fourth-order valence-corrected chi connectivity index (χ4v) is 4.62. The average Bonchev–Trinajstić information content (AvgIpc) is 3.44. The van der Waals surface area contributed by atoms with Crippen LogP contribution in [0.15, 0.2) is 82.4 Å². The van der Waals surface area contributed by atoms with Crippen LogP contribution in [0.1, 0.15) is 33.7 Å². The normalized spacial score (nSPS) is 11.2. The second-order valence-corrected chi connectivity index (χ2v) is 9.39. The molecule has 7 nitrogen and oxygen atoms in total. The van der Waals surface area contributed by atoms with Gasteiger partial charge in [0.2, 0.25) is 0 Å². The number of nitrogens with zero attached hydrogens (tertiary/aromatic N) is 1. The molecule has 4 N–H and O–H groups in total. The number of hydrogen-bond acceptors (Lipinski definition) is 3. The van der Waals surface area contributed by atoms with Gasteiger partial charge in [-0.3, -0.25) is 30.0 Å². The average molecular weight is 480 g/mol. The molecule has 3 aromatic carbocycles. The second-order valence-electron chi connectivity index (χ2n) is 9.39. The molecule has 7 heteroatoms. The van der Waals surface area contributed by atoms with E-state index in [1.807, 2.05) is 106 Å². The van der Waals surface area contributed by atoms with E-state index in [1.165, 1.54) is 0 Å². The van der Waals surface area contributed by atoms with Crippen molar-refractivity contribution in [3.05, 3.63) is 121 Å². The molecule has 0 saturated carbocycles. The van der Waals surface area contributed by atoms with Crippen LogP contribution in [0.5, 0.6) is 0 Å². The summed E-state index contributed by atoms with van der Waals surface area (Å²) in [6.07, 6.45) is 0. The number of hydrogen-bond donors (Lipinski definition) is 4. The Labute approximate surface area is 208 Å². The Morgan fingerprint density at radius 2 is 1.00 bits per heavy atom. The van der Waals surface area contributed by atoms with Gasteiger partial charge in [0.1, 0.15) is 0 Å². The number of benzene rings is 3. The Hall–Kier alpha value is -4.52. The van der Waals surface area contributed by atoms with E-state index in [9.17, 15) is 9.59 Å². The van der Waals surface area contributed by atoms with E-state index in [0.717, 1.165) is 33.5 Å². The molecule has 0 unspecified atom stereocenters. The first kappa shape index (κ1) is 23.2. The maximum atomic E-state index is 13.4. The highest BCUT2D eigenvalue weighted by Gasteiger charge is 2.31. The molecule has 5 aromatic rings. The van der Waals surface area contributed by atoms with Gasteiger partial charge in [0.25, 0.3) is 11.1 Å². The summed E-state index contributed by atoms with van der Waals surface area (Å²) in [6, 6.07) is 23.9. The number of rotatable bonds is 6. The summed E-state index contributed by atoms with van der Waals surface area (Å²) in [4.78, 5) is 28.7. The summed E-state index contributed by atoms with van der Waals surface area (Å²) in [5.74, 6) is -0.612. The zero-order chi connectivity index (χ0) is 25.4. The Morgan fingerprint density at radius 1 is 0.583 bits per heavy atom. The lowest BCUT2D eigenvalue weighted by Gasteiger charge is -2.19. The largest absolute Gasteiger partial charge is 0.378 e. The van der Waals surface area contributed by atoms with Crippen LogP contribution in [-0.4, -0.2) is 34.5 Å². The Kier molecular flexibility index (Phi) is 5.98. The van der Waals surface area contributed by atoms with Gasteiger partial charge < -0.3 is 4.90 Å². The molecule has 2 aromatic heterocycles. The van der Waals surface area contributed by atoms with Crippen molar-refractivity contribution in [1.29, 1.82) is 0 Å². The molecule has 0 fully saturated rings. The van der Waals surface area contributed by atoms with Crippen molar-refractivity contribution in [2.45, 2.75) is 19.8 Å². The molecule has 0 atom stereocenters. The van der Waals surface area contributed by atoms with E-state index in [2.05, 4.69) is 20.4 Å². The predicted octanol–water partition coefficient (Wildman–Crippen LogP) is 4.92. The van der Waals surface area contributed by atoms with Crippen LogP contribution in [0.25, 0.3) is 22.5 Å². The topological polar surface area (TPSA) is 101 Å². The van der Waals surface area contributed by atoms with Crippen molar-refractivity contribution >= 4 is 5.69 Å². The highest BCUT2D eigenvalue weighted by atomic mass is 16.1. The lowest BCUT2D eigenvalue weighted by Crippen LogP contribution is -2.20. The van der Waals surface area contributed by atoms with Gasteiger partial charge in [-0.05, 0) is 42.7 Å². The third-order valence-electron chi connectivity index (χ3n) is 6.63. The molecule has 2 heterocycles. The Morgan fingerprint density at radius 3 is 1.39 bits per heavy atom. The fourth-order valence-electron chi connectivity index (χ4n) is 4.62. The quantitative estimate of drug-likeness (QED) is 0.278. The van der Waals surface area contributed by atoms with E-state index in [0.29, 0.717) is 22.5 Å². The van der Waals surface area contributed by atoms with Gasteiger partial charge in [-0.1, -0.05) is 71.8 Å². The number of aromatic amines is 4. The van der Waals surface area contributed by atoms with Gasteiger partial charge in [0, 0.05) is 25.7 Å². The zero-order valence-electron chi connectivity index (χ0n) is 20.8. The molecule has 5 rings (SSSR count). The predicted molar refractivity (Wildman–Crippen MR) is 145 cm³/mol. The highest BCUT2D eigenvalue weighted by molar-refractivity contribution is 5.71. The van der Waals surface area contributed by atoms with Gasteiger partial charge in [-0.25, -0.2) is 0 Å². The smallest absolute Gasteiger partial charge is 0.268 e. The van der Waals surface area contributed by atoms with Crippen LogP contribution in [0, 0.1) is 13.8 Å². The summed E-state index contributed by atoms with van der Waals surface area (Å²) in [6.45, 7) is 4.04. The lowest BCUT2D eigenvalue weighted by atomic mass is 9.83. The third-order valence-corrected chi connectivity index (χ3v) is 6.63. The molecule has 0 radical (unpaired) electrons. The molecule has 0 aliphatic carbocycles. The summed E-state index contributed by atoms with van der Waals surface area (Å²) in [7, 11) is 3.95. The molecule has 0 amide bonds. The van der Waals surface area contributed by atoms with Crippen molar-refractivity contribution in [2.24, 2.45) is 0 Å². The first-order chi connectivity index (χ1) is 17.3. The van der Waals surface area contributed by atoms with Gasteiger partial charge in [0.05, 0.1) is 22.5 Å². The van der Waals surface area contributed by atoms with Crippen molar-refractivity contribution in [3.8, 4) is 22.5 Å². The number of aryl methyl sites for hydroxylation is 2. The minimum atomic E-state index is -0.612. The number of anilines is 1. The van der Waals surface area contributed by atoms with Gasteiger partial charge in [-0.15, -0.1) is 0 Å². The summed E-state index contributed by atoms with van der Waals surface area (Å²) in [5.41, 5.74) is 7.65. The number of H-pyrrole nitrogens is 4. The van der Waals surface area contributed by atoms with Crippen LogP contribution in [0.3, 0.4) is 0 Å². The fraction of sp³-hybridized carbons (Fsp3) is 0.172. The van der Waals surface area contributed by atoms with Crippen molar-refractivity contribution < 1.29 is 0 Å². The van der Waals surface area contributed by atoms with Crippen LogP contribution in [0.2, 0.25) is 0 Å². The number of aromatic nitrogens is 4. The molecular weight excluding hydrogens is 450 g/mol. The summed E-state index contributed by atoms with van der Waals surface area (Å²) in [5, 5.41) is 11.7. The summed E-state index contributed by atoms with van der Waals surface area (Å²) >= 11 is 0. The first-order valence-electron chi connectivity index (χ1n) is 11.9. The van der Waals surface area contributed by atoms with Gasteiger partial charge in [-0.2, -0.15) is 0 Å². The molecule has 0 aliphatic rings. The van der Waals surface area contributed by atoms with E-state index >= 15 is 0 Å². The molecular formula is C29H29N5O2. The van der Waals surface area contributed by atoms with Crippen molar-refractivity contribution in [2.75, 3.05) is 19.0 Å². The van der Waals surface area contributed by atoms with Gasteiger partial charge >= 0.3 is 0 Å². The Balaban J connectivity index is 1.78. The monoisotopic (exact) mass is 479 g/mol. The second kappa shape index (κ2) is 9.26. The molecule has 182 valence electrons.